The lowest BCUT2D eigenvalue weighted by atomic mass is 10.2. The Kier molecular flexibility index (Phi) is 3.52. The molecule has 0 radical (unpaired) electrons. The van der Waals surface area contributed by atoms with Crippen molar-refractivity contribution in [3.63, 3.8) is 0 Å². The number of benzene rings is 1. The molecule has 0 aliphatic carbocycles. The number of nitrogens with one attached hydrogen (secondary N) is 1. The maximum atomic E-state index is 13.4. The number of rotatable bonds is 3. The minimum Gasteiger partial charge on any atom is -0.453 e. The molecule has 94 valence electrons. The molecule has 7 heteroatoms. The SMILES string of the molecule is COC(=O)NCc1nc(-c2ccccc2F)no1. The Labute approximate surface area is 102 Å². The van der Waals surface area contributed by atoms with Crippen LogP contribution in [0.3, 0.4) is 0 Å². The molecule has 0 aliphatic heterocycles. The van der Waals surface area contributed by atoms with Crippen LogP contribution >= 0.6 is 0 Å². The molecule has 0 fully saturated rings. The summed E-state index contributed by atoms with van der Waals surface area (Å²) >= 11 is 0. The Morgan fingerprint density at radius 2 is 2.28 bits per heavy atom. The molecule has 1 aromatic heterocycles. The number of nitrogens with zero attached hydrogens (tertiary/aromatic N) is 2. The van der Waals surface area contributed by atoms with Crippen LogP contribution in [0.15, 0.2) is 28.8 Å². The highest BCUT2D eigenvalue weighted by molar-refractivity contribution is 5.66. The zero-order valence-corrected chi connectivity index (χ0v) is 9.51. The zero-order valence-electron chi connectivity index (χ0n) is 9.51. The van der Waals surface area contributed by atoms with Gasteiger partial charge in [0.25, 0.3) is 0 Å². The first-order valence-electron chi connectivity index (χ1n) is 5.10. The maximum absolute atomic E-state index is 13.4. The van der Waals surface area contributed by atoms with E-state index in [1.807, 2.05) is 0 Å². The summed E-state index contributed by atoms with van der Waals surface area (Å²) in [6.07, 6.45) is -0.611. The number of aromatic nitrogens is 2. The van der Waals surface area contributed by atoms with Gasteiger partial charge in [0.1, 0.15) is 12.4 Å². The highest BCUT2D eigenvalue weighted by atomic mass is 19.1. The van der Waals surface area contributed by atoms with Crippen LogP contribution in [-0.2, 0) is 11.3 Å². The minimum absolute atomic E-state index is 0.0220. The second kappa shape index (κ2) is 5.26. The summed E-state index contributed by atoms with van der Waals surface area (Å²) in [6.45, 7) is 0.0220. The Balaban J connectivity index is 2.11. The Morgan fingerprint density at radius 3 is 3.00 bits per heavy atom. The second-order valence-electron chi connectivity index (χ2n) is 3.34. The van der Waals surface area contributed by atoms with Crippen LogP contribution in [0.1, 0.15) is 5.89 Å². The molecule has 0 bridgehead atoms. The molecule has 6 nitrogen and oxygen atoms in total. The Bertz CT molecular complexity index is 556. The summed E-state index contributed by atoms with van der Waals surface area (Å²) in [5.41, 5.74) is 0.241. The van der Waals surface area contributed by atoms with Gasteiger partial charge < -0.3 is 14.6 Å². The predicted molar refractivity (Wildman–Crippen MR) is 58.9 cm³/mol. The van der Waals surface area contributed by atoms with Gasteiger partial charge in [0.05, 0.1) is 12.7 Å². The predicted octanol–water partition coefficient (Wildman–Crippen LogP) is 1.73. The Hall–Kier alpha value is -2.44. The summed E-state index contributed by atoms with van der Waals surface area (Å²) in [4.78, 5) is 14.8. The van der Waals surface area contributed by atoms with Gasteiger partial charge in [-0.25, -0.2) is 9.18 Å². The van der Waals surface area contributed by atoms with Gasteiger partial charge in [-0.15, -0.1) is 0 Å². The lowest BCUT2D eigenvalue weighted by molar-refractivity contribution is 0.169. The molecular weight excluding hydrogens is 241 g/mol. The van der Waals surface area contributed by atoms with Gasteiger partial charge in [0, 0.05) is 0 Å². The van der Waals surface area contributed by atoms with E-state index in [4.69, 9.17) is 4.52 Å². The summed E-state index contributed by atoms with van der Waals surface area (Å²) in [5, 5.41) is 6.01. The fraction of sp³-hybridized carbons (Fsp3) is 0.182. The number of alkyl carbamates (subject to hydrolysis) is 1. The standard InChI is InChI=1S/C11H10FN3O3/c1-17-11(16)13-6-9-14-10(15-18-9)7-4-2-3-5-8(7)12/h2-5H,6H2,1H3,(H,13,16). The van der Waals surface area contributed by atoms with E-state index in [1.165, 1.54) is 19.2 Å². The third-order valence-electron chi connectivity index (χ3n) is 2.15. The number of hydrogen-bond acceptors (Lipinski definition) is 5. The molecule has 1 aromatic carbocycles. The summed E-state index contributed by atoms with van der Waals surface area (Å²) < 4.78 is 22.7. The van der Waals surface area contributed by atoms with Crippen molar-refractivity contribution in [1.82, 2.24) is 15.5 Å². The van der Waals surface area contributed by atoms with Crippen molar-refractivity contribution >= 4 is 6.09 Å². The van der Waals surface area contributed by atoms with Gasteiger partial charge in [-0.1, -0.05) is 17.3 Å². The Morgan fingerprint density at radius 1 is 1.50 bits per heavy atom. The molecular formula is C11H10FN3O3. The van der Waals surface area contributed by atoms with Crippen LogP contribution in [0.5, 0.6) is 0 Å². The van der Waals surface area contributed by atoms with Gasteiger partial charge in [-0.05, 0) is 12.1 Å². The average molecular weight is 251 g/mol. The number of halogens is 1. The summed E-state index contributed by atoms with van der Waals surface area (Å²) in [5.74, 6) is -0.140. The van der Waals surface area contributed by atoms with Gasteiger partial charge in [0.2, 0.25) is 11.7 Å². The van der Waals surface area contributed by atoms with E-state index in [0.717, 1.165) is 0 Å². The highest BCUT2D eigenvalue weighted by Gasteiger charge is 2.12. The number of methoxy groups -OCH3 is 1. The van der Waals surface area contributed by atoms with Crippen molar-refractivity contribution in [2.75, 3.05) is 7.11 Å². The van der Waals surface area contributed by atoms with E-state index in [9.17, 15) is 9.18 Å². The minimum atomic E-state index is -0.611. The fourth-order valence-electron chi connectivity index (χ4n) is 1.30. The highest BCUT2D eigenvalue weighted by Crippen LogP contribution is 2.18. The van der Waals surface area contributed by atoms with Crippen LogP contribution < -0.4 is 5.32 Å². The van der Waals surface area contributed by atoms with Crippen LogP contribution in [0.25, 0.3) is 11.4 Å². The molecule has 0 aliphatic rings. The lowest BCUT2D eigenvalue weighted by Crippen LogP contribution is -2.22. The van der Waals surface area contributed by atoms with Crippen molar-refractivity contribution in [2.24, 2.45) is 0 Å². The van der Waals surface area contributed by atoms with Crippen molar-refractivity contribution in [2.45, 2.75) is 6.54 Å². The van der Waals surface area contributed by atoms with E-state index in [0.29, 0.717) is 0 Å². The number of hydrogen-bond donors (Lipinski definition) is 1. The normalized spacial score (nSPS) is 10.1. The molecule has 2 aromatic rings. The van der Waals surface area contributed by atoms with Gasteiger partial charge in [-0.3, -0.25) is 0 Å². The molecule has 0 spiro atoms. The summed E-state index contributed by atoms with van der Waals surface area (Å²) in [7, 11) is 1.24. The van der Waals surface area contributed by atoms with Crippen molar-refractivity contribution in [3.8, 4) is 11.4 Å². The third kappa shape index (κ3) is 2.62. The van der Waals surface area contributed by atoms with Crippen LogP contribution in [0.4, 0.5) is 9.18 Å². The van der Waals surface area contributed by atoms with E-state index in [1.54, 1.807) is 12.1 Å². The van der Waals surface area contributed by atoms with E-state index < -0.39 is 11.9 Å². The molecule has 2 rings (SSSR count). The van der Waals surface area contributed by atoms with Gasteiger partial charge >= 0.3 is 6.09 Å². The van der Waals surface area contributed by atoms with E-state index >= 15 is 0 Å². The van der Waals surface area contributed by atoms with E-state index in [-0.39, 0.29) is 23.8 Å². The topological polar surface area (TPSA) is 77.2 Å². The molecule has 0 atom stereocenters. The lowest BCUT2D eigenvalue weighted by Gasteiger charge is -1.98. The van der Waals surface area contributed by atoms with E-state index in [2.05, 4.69) is 20.2 Å². The van der Waals surface area contributed by atoms with Crippen molar-refractivity contribution in [3.05, 3.63) is 36.0 Å². The second-order valence-corrected chi connectivity index (χ2v) is 3.34. The van der Waals surface area contributed by atoms with Gasteiger partial charge in [-0.2, -0.15) is 4.98 Å². The fourth-order valence-corrected chi connectivity index (χ4v) is 1.30. The van der Waals surface area contributed by atoms with Crippen molar-refractivity contribution in [1.29, 1.82) is 0 Å². The average Bonchev–Trinajstić information content (AvgIpc) is 2.85. The molecule has 1 heterocycles. The molecule has 1 N–H and O–H groups in total. The first kappa shape index (κ1) is 12.0. The number of carbonyl (C=O) groups excluding carboxylic acids is 1. The van der Waals surface area contributed by atoms with Crippen LogP contribution in [0.2, 0.25) is 0 Å². The number of ether oxygens (including phenoxy) is 1. The molecule has 18 heavy (non-hydrogen) atoms. The first-order chi connectivity index (χ1) is 8.70. The van der Waals surface area contributed by atoms with Crippen molar-refractivity contribution < 1.29 is 18.4 Å². The number of amides is 1. The van der Waals surface area contributed by atoms with Crippen LogP contribution in [-0.4, -0.2) is 23.3 Å². The quantitative estimate of drug-likeness (QED) is 0.898. The van der Waals surface area contributed by atoms with Crippen LogP contribution in [0, 0.1) is 5.82 Å². The molecule has 0 saturated carbocycles. The maximum Gasteiger partial charge on any atom is 0.407 e. The summed E-state index contributed by atoms with van der Waals surface area (Å²) in [6, 6.07) is 6.08. The zero-order chi connectivity index (χ0) is 13.0. The molecule has 0 saturated heterocycles. The third-order valence-corrected chi connectivity index (χ3v) is 2.15. The molecule has 0 unspecified atom stereocenters. The number of carbonyl (C=O) groups is 1. The molecule has 1 amide bonds. The smallest absolute Gasteiger partial charge is 0.407 e. The largest absolute Gasteiger partial charge is 0.453 e. The monoisotopic (exact) mass is 251 g/mol. The van der Waals surface area contributed by atoms with Gasteiger partial charge in [0.15, 0.2) is 0 Å². The first-order valence-corrected chi connectivity index (χ1v) is 5.10.